The van der Waals surface area contributed by atoms with Gasteiger partial charge in [-0.15, -0.1) is 0 Å². The van der Waals surface area contributed by atoms with Crippen LogP contribution in [0.3, 0.4) is 0 Å². The first-order valence-electron chi connectivity index (χ1n) is 4.31. The maximum absolute atomic E-state index is 8.51. The lowest BCUT2D eigenvalue weighted by atomic mass is 10.5. The first kappa shape index (κ1) is 11.4. The van der Waals surface area contributed by atoms with Gasteiger partial charge in [0.15, 0.2) is 12.0 Å². The van der Waals surface area contributed by atoms with Crippen LogP contribution < -0.4 is 5.32 Å². The highest BCUT2D eigenvalue weighted by molar-refractivity contribution is 5.32. The third-order valence-electron chi connectivity index (χ3n) is 1.74. The molecular weight excluding hydrogens is 196 g/mol. The van der Waals surface area contributed by atoms with E-state index in [4.69, 9.17) is 14.7 Å². The summed E-state index contributed by atoms with van der Waals surface area (Å²) in [5, 5.41) is 11.5. The van der Waals surface area contributed by atoms with E-state index in [1.807, 2.05) is 6.07 Å². The number of nitrogens with zero attached hydrogens (tertiary/aromatic N) is 3. The highest BCUT2D eigenvalue weighted by Gasteiger charge is 2.04. The minimum absolute atomic E-state index is 0.288. The Morgan fingerprint density at radius 3 is 2.60 bits per heavy atom. The lowest BCUT2D eigenvalue weighted by molar-refractivity contribution is -0.0914. The Hall–Kier alpha value is -1.71. The molecule has 0 saturated carbocycles. The van der Waals surface area contributed by atoms with Gasteiger partial charge in [-0.1, -0.05) is 0 Å². The highest BCUT2D eigenvalue weighted by Crippen LogP contribution is 2.01. The molecule has 1 N–H and O–H groups in total. The number of nitriles is 1. The maximum atomic E-state index is 8.51. The second-order valence-electron chi connectivity index (χ2n) is 2.68. The van der Waals surface area contributed by atoms with E-state index in [-0.39, 0.29) is 12.0 Å². The fourth-order valence-corrected chi connectivity index (χ4v) is 0.928. The van der Waals surface area contributed by atoms with E-state index in [2.05, 4.69) is 15.3 Å². The van der Waals surface area contributed by atoms with Gasteiger partial charge in [0.1, 0.15) is 11.9 Å². The van der Waals surface area contributed by atoms with Crippen LogP contribution in [0.2, 0.25) is 0 Å². The zero-order valence-electron chi connectivity index (χ0n) is 8.60. The van der Waals surface area contributed by atoms with E-state index in [0.717, 1.165) is 0 Å². The molecule has 0 atom stereocenters. The van der Waals surface area contributed by atoms with Crippen molar-refractivity contribution in [3.05, 3.63) is 18.1 Å². The van der Waals surface area contributed by atoms with Crippen LogP contribution in [-0.4, -0.2) is 37.0 Å². The molecule has 0 aliphatic carbocycles. The Kier molecular flexibility index (Phi) is 4.47. The molecule has 1 aromatic rings. The summed E-state index contributed by atoms with van der Waals surface area (Å²) < 4.78 is 9.96. The SMILES string of the molecule is COC(CNc1cnc(C#N)cn1)OC. The number of methoxy groups -OCH3 is 2. The van der Waals surface area contributed by atoms with Gasteiger partial charge in [0, 0.05) is 14.2 Å². The predicted molar refractivity (Wildman–Crippen MR) is 53.0 cm³/mol. The summed E-state index contributed by atoms with van der Waals surface area (Å²) in [4.78, 5) is 7.84. The first-order chi connectivity index (χ1) is 7.30. The summed E-state index contributed by atoms with van der Waals surface area (Å²) >= 11 is 0. The molecule has 1 aromatic heterocycles. The molecule has 15 heavy (non-hydrogen) atoms. The fourth-order valence-electron chi connectivity index (χ4n) is 0.928. The number of hydrogen-bond acceptors (Lipinski definition) is 6. The number of rotatable bonds is 5. The average molecular weight is 208 g/mol. The molecule has 0 bridgehead atoms. The summed E-state index contributed by atoms with van der Waals surface area (Å²) in [7, 11) is 3.11. The molecular formula is C9H12N4O2. The molecule has 1 heterocycles. The van der Waals surface area contributed by atoms with E-state index in [1.165, 1.54) is 12.4 Å². The topological polar surface area (TPSA) is 80.1 Å². The van der Waals surface area contributed by atoms with Crippen molar-refractivity contribution in [1.82, 2.24) is 9.97 Å². The van der Waals surface area contributed by atoms with E-state index >= 15 is 0 Å². The molecule has 6 heteroatoms. The number of anilines is 1. The quantitative estimate of drug-likeness (QED) is 0.704. The highest BCUT2D eigenvalue weighted by atomic mass is 16.7. The Bertz CT molecular complexity index is 329. The van der Waals surface area contributed by atoms with Crippen molar-refractivity contribution < 1.29 is 9.47 Å². The molecule has 6 nitrogen and oxygen atoms in total. The van der Waals surface area contributed by atoms with Crippen LogP contribution in [0, 0.1) is 11.3 Å². The Morgan fingerprint density at radius 1 is 1.40 bits per heavy atom. The van der Waals surface area contributed by atoms with Gasteiger partial charge >= 0.3 is 0 Å². The van der Waals surface area contributed by atoms with Crippen molar-refractivity contribution in [2.45, 2.75) is 6.29 Å². The van der Waals surface area contributed by atoms with Gasteiger partial charge < -0.3 is 14.8 Å². The van der Waals surface area contributed by atoms with Gasteiger partial charge in [0.25, 0.3) is 0 Å². The van der Waals surface area contributed by atoms with Crippen molar-refractivity contribution in [3.8, 4) is 6.07 Å². The lowest BCUT2D eigenvalue weighted by Gasteiger charge is -2.13. The zero-order valence-corrected chi connectivity index (χ0v) is 8.60. The predicted octanol–water partition coefficient (Wildman–Crippen LogP) is 0.379. The monoisotopic (exact) mass is 208 g/mol. The average Bonchev–Trinajstić information content (AvgIpc) is 2.31. The van der Waals surface area contributed by atoms with Gasteiger partial charge in [-0.25, -0.2) is 9.97 Å². The smallest absolute Gasteiger partial charge is 0.173 e. The van der Waals surface area contributed by atoms with Gasteiger partial charge in [0.05, 0.1) is 18.9 Å². The van der Waals surface area contributed by atoms with Crippen LogP contribution in [-0.2, 0) is 9.47 Å². The molecule has 0 radical (unpaired) electrons. The molecule has 0 aliphatic rings. The minimum Gasteiger partial charge on any atom is -0.364 e. The number of ether oxygens (including phenoxy) is 2. The van der Waals surface area contributed by atoms with Crippen LogP contribution in [0.15, 0.2) is 12.4 Å². The first-order valence-corrected chi connectivity index (χ1v) is 4.31. The van der Waals surface area contributed by atoms with Crippen molar-refractivity contribution in [3.63, 3.8) is 0 Å². The summed E-state index contributed by atoms with van der Waals surface area (Å²) in [5.41, 5.74) is 0.288. The molecule has 0 spiro atoms. The molecule has 0 fully saturated rings. The van der Waals surface area contributed by atoms with Crippen molar-refractivity contribution in [1.29, 1.82) is 5.26 Å². The van der Waals surface area contributed by atoms with Crippen LogP contribution in [0.25, 0.3) is 0 Å². The van der Waals surface area contributed by atoms with E-state index in [9.17, 15) is 0 Å². The van der Waals surface area contributed by atoms with E-state index in [0.29, 0.717) is 12.4 Å². The fraction of sp³-hybridized carbons (Fsp3) is 0.444. The van der Waals surface area contributed by atoms with Gasteiger partial charge in [-0.05, 0) is 0 Å². The summed E-state index contributed by atoms with van der Waals surface area (Å²) in [6.07, 6.45) is 2.56. The second kappa shape index (κ2) is 5.90. The van der Waals surface area contributed by atoms with Crippen molar-refractivity contribution in [2.24, 2.45) is 0 Å². The molecule has 0 unspecified atom stereocenters. The number of hydrogen-bond donors (Lipinski definition) is 1. The van der Waals surface area contributed by atoms with Gasteiger partial charge in [-0.2, -0.15) is 5.26 Å². The van der Waals surface area contributed by atoms with E-state index in [1.54, 1.807) is 14.2 Å². The largest absolute Gasteiger partial charge is 0.364 e. The van der Waals surface area contributed by atoms with Crippen molar-refractivity contribution in [2.75, 3.05) is 26.1 Å². The van der Waals surface area contributed by atoms with Crippen LogP contribution in [0.1, 0.15) is 5.69 Å². The molecule has 0 aliphatic heterocycles. The number of nitrogens with one attached hydrogen (secondary N) is 1. The third-order valence-corrected chi connectivity index (χ3v) is 1.74. The molecule has 0 saturated heterocycles. The summed E-state index contributed by atoms with van der Waals surface area (Å²) in [6.45, 7) is 0.466. The molecule has 0 amide bonds. The summed E-state index contributed by atoms with van der Waals surface area (Å²) in [5.74, 6) is 0.577. The Balaban J connectivity index is 2.48. The third kappa shape index (κ3) is 3.50. The normalized spacial score (nSPS) is 10.0. The van der Waals surface area contributed by atoms with Gasteiger partial charge in [-0.3, -0.25) is 0 Å². The van der Waals surface area contributed by atoms with Crippen molar-refractivity contribution >= 4 is 5.82 Å². The number of aromatic nitrogens is 2. The standard InChI is InChI=1S/C9H12N4O2/c1-14-9(15-2)6-13-8-5-11-7(3-10)4-12-8/h4-5,9H,6H2,1-2H3,(H,12,13). The van der Waals surface area contributed by atoms with Crippen LogP contribution >= 0.6 is 0 Å². The van der Waals surface area contributed by atoms with E-state index < -0.39 is 0 Å². The molecule has 1 rings (SSSR count). The van der Waals surface area contributed by atoms with Crippen LogP contribution in [0.4, 0.5) is 5.82 Å². The Labute approximate surface area is 87.9 Å². The summed E-state index contributed by atoms with van der Waals surface area (Å²) in [6, 6.07) is 1.89. The maximum Gasteiger partial charge on any atom is 0.173 e. The second-order valence-corrected chi connectivity index (χ2v) is 2.68. The zero-order chi connectivity index (χ0) is 11.1. The molecule has 0 aromatic carbocycles. The van der Waals surface area contributed by atoms with Gasteiger partial charge in [0.2, 0.25) is 0 Å². The minimum atomic E-state index is -0.331. The van der Waals surface area contributed by atoms with Crippen LogP contribution in [0.5, 0.6) is 0 Å². The lowest BCUT2D eigenvalue weighted by Crippen LogP contribution is -2.24. The Morgan fingerprint density at radius 2 is 2.13 bits per heavy atom. The molecule has 80 valence electrons.